The third kappa shape index (κ3) is 2.82. The number of halogens is 1. The Hall–Kier alpha value is -0.150. The monoisotopic (exact) mass is 397 g/mol. The molecule has 1 fully saturated rings. The van der Waals surface area contributed by atoms with Crippen molar-refractivity contribution in [3.05, 3.63) is 11.3 Å². The summed E-state index contributed by atoms with van der Waals surface area (Å²) in [5, 5.41) is 0. The van der Waals surface area contributed by atoms with Gasteiger partial charge in [0.1, 0.15) is 0 Å². The van der Waals surface area contributed by atoms with Crippen molar-refractivity contribution in [2.45, 2.75) is 38.8 Å². The first-order valence-electron chi connectivity index (χ1n) is 6.39. The van der Waals surface area contributed by atoms with Crippen molar-refractivity contribution in [2.75, 3.05) is 19.8 Å². The summed E-state index contributed by atoms with van der Waals surface area (Å²) in [7, 11) is -1.48. The number of hydrogen-bond acceptors (Lipinski definition) is 4. The van der Waals surface area contributed by atoms with Crippen LogP contribution in [0.1, 0.15) is 26.7 Å². The van der Waals surface area contributed by atoms with E-state index >= 15 is 0 Å². The Balaban J connectivity index is 2.29. The maximum absolute atomic E-state index is 11.7. The lowest BCUT2D eigenvalue weighted by molar-refractivity contribution is 0.374. The Morgan fingerprint density at radius 1 is 1.53 bits per heavy atom. The van der Waals surface area contributed by atoms with Crippen LogP contribution in [0.25, 0.3) is 0 Å². The maximum Gasteiger partial charge on any atom is 0.211 e. The molecule has 5 nitrogen and oxygen atoms in total. The Labute approximate surface area is 128 Å². The fourth-order valence-electron chi connectivity index (χ4n) is 2.68. The van der Waals surface area contributed by atoms with Gasteiger partial charge in [0.15, 0.2) is 3.84 Å². The van der Waals surface area contributed by atoms with Crippen LogP contribution in [0, 0.1) is 0 Å². The van der Waals surface area contributed by atoms with E-state index in [9.17, 15) is 8.42 Å². The van der Waals surface area contributed by atoms with Gasteiger partial charge in [-0.15, -0.1) is 0 Å². The summed E-state index contributed by atoms with van der Waals surface area (Å²) in [6.45, 7) is 4.95. The molecule has 0 amide bonds. The molecule has 0 spiro atoms. The minimum absolute atomic E-state index is 0.00974. The van der Waals surface area contributed by atoms with Crippen molar-refractivity contribution < 1.29 is 8.42 Å². The zero-order valence-electron chi connectivity index (χ0n) is 11.7. The highest BCUT2D eigenvalue weighted by atomic mass is 127. The summed E-state index contributed by atoms with van der Waals surface area (Å²) in [6, 6.07) is 0.260. The second kappa shape index (κ2) is 5.33. The summed E-state index contributed by atoms with van der Waals surface area (Å²) >= 11 is 2.25. The van der Waals surface area contributed by atoms with Crippen LogP contribution in [-0.2, 0) is 10.0 Å². The standard InChI is InChI=1S/C12H20IN3O2S/c1-5-10-8(2)11-6-9(15(3)19(4,17)18)7-16(11)12(13)14-10/h9-10H,5-7H2,1-4H3. The van der Waals surface area contributed by atoms with Crippen LogP contribution in [0.4, 0.5) is 0 Å². The summed E-state index contributed by atoms with van der Waals surface area (Å²) in [4.78, 5) is 6.84. The number of rotatable bonds is 3. The lowest BCUT2D eigenvalue weighted by Crippen LogP contribution is -2.39. The zero-order valence-corrected chi connectivity index (χ0v) is 14.7. The summed E-state index contributed by atoms with van der Waals surface area (Å²) in [6.07, 6.45) is 3.04. The molecule has 0 aromatic carbocycles. The van der Waals surface area contributed by atoms with Gasteiger partial charge in [0.25, 0.3) is 0 Å². The first-order chi connectivity index (χ1) is 8.75. The molecule has 2 unspecified atom stereocenters. The van der Waals surface area contributed by atoms with E-state index in [2.05, 4.69) is 46.3 Å². The fourth-order valence-corrected chi connectivity index (χ4v) is 4.19. The molecular weight excluding hydrogens is 377 g/mol. The summed E-state index contributed by atoms with van der Waals surface area (Å²) in [5.74, 6) is 0. The predicted molar refractivity (Wildman–Crippen MR) is 86.0 cm³/mol. The molecule has 19 heavy (non-hydrogen) atoms. The average molecular weight is 397 g/mol. The first kappa shape index (κ1) is 15.2. The summed E-state index contributed by atoms with van der Waals surface area (Å²) in [5.41, 5.74) is 2.54. The van der Waals surface area contributed by atoms with E-state index in [0.29, 0.717) is 6.54 Å². The largest absolute Gasteiger partial charge is 0.324 e. The zero-order chi connectivity index (χ0) is 14.4. The first-order valence-corrected chi connectivity index (χ1v) is 9.31. The van der Waals surface area contributed by atoms with Crippen LogP contribution < -0.4 is 0 Å². The van der Waals surface area contributed by atoms with E-state index in [1.54, 1.807) is 7.05 Å². The molecule has 0 N–H and O–H groups in total. The van der Waals surface area contributed by atoms with E-state index in [4.69, 9.17) is 0 Å². The van der Waals surface area contributed by atoms with Gasteiger partial charge < -0.3 is 4.90 Å². The molecule has 2 atom stereocenters. The van der Waals surface area contributed by atoms with E-state index < -0.39 is 10.0 Å². The van der Waals surface area contributed by atoms with Crippen molar-refractivity contribution in [1.29, 1.82) is 0 Å². The van der Waals surface area contributed by atoms with E-state index in [1.807, 2.05) is 0 Å². The number of aliphatic imine (C=N–C) groups is 1. The second-order valence-corrected chi connectivity index (χ2v) is 8.21. The lowest BCUT2D eigenvalue weighted by atomic mass is 10.0. The van der Waals surface area contributed by atoms with Crippen molar-refractivity contribution in [3.8, 4) is 0 Å². The third-order valence-corrected chi connectivity index (χ3v) is 6.22. The molecule has 0 aliphatic carbocycles. The molecule has 1 saturated heterocycles. The molecule has 0 saturated carbocycles. The highest BCUT2D eigenvalue weighted by Crippen LogP contribution is 2.35. The van der Waals surface area contributed by atoms with Crippen LogP contribution in [0.2, 0.25) is 0 Å². The maximum atomic E-state index is 11.7. The number of amidine groups is 1. The summed E-state index contributed by atoms with van der Waals surface area (Å²) < 4.78 is 25.8. The fraction of sp³-hybridized carbons (Fsp3) is 0.750. The van der Waals surface area contributed by atoms with Gasteiger partial charge in [0.2, 0.25) is 10.0 Å². The third-order valence-electron chi connectivity index (χ3n) is 4.01. The molecule has 0 aromatic rings. The predicted octanol–water partition coefficient (Wildman–Crippen LogP) is 1.81. The van der Waals surface area contributed by atoms with E-state index in [0.717, 1.165) is 16.7 Å². The second-order valence-electron chi connectivity index (χ2n) is 5.20. The van der Waals surface area contributed by atoms with Crippen LogP contribution in [0.5, 0.6) is 0 Å². The Morgan fingerprint density at radius 3 is 2.68 bits per heavy atom. The quantitative estimate of drug-likeness (QED) is 0.539. The highest BCUT2D eigenvalue weighted by Gasteiger charge is 2.38. The molecule has 108 valence electrons. The minimum atomic E-state index is -3.14. The van der Waals surface area contributed by atoms with Gasteiger partial charge in [-0.25, -0.2) is 8.42 Å². The van der Waals surface area contributed by atoms with Gasteiger partial charge >= 0.3 is 0 Å². The Kier molecular flexibility index (Phi) is 4.27. The highest BCUT2D eigenvalue weighted by molar-refractivity contribution is 14.1. The van der Waals surface area contributed by atoms with Crippen LogP contribution >= 0.6 is 22.6 Å². The van der Waals surface area contributed by atoms with Crippen molar-refractivity contribution >= 4 is 36.5 Å². The van der Waals surface area contributed by atoms with Gasteiger partial charge in [0, 0.05) is 31.8 Å². The topological polar surface area (TPSA) is 53.0 Å². The molecule has 2 rings (SSSR count). The van der Waals surface area contributed by atoms with E-state index in [1.165, 1.54) is 21.8 Å². The minimum Gasteiger partial charge on any atom is -0.324 e. The van der Waals surface area contributed by atoms with Crippen molar-refractivity contribution in [2.24, 2.45) is 4.99 Å². The smallest absolute Gasteiger partial charge is 0.211 e. The molecule has 2 aliphatic rings. The van der Waals surface area contributed by atoms with Crippen molar-refractivity contribution in [3.63, 3.8) is 0 Å². The SMILES string of the molecule is CCC1N=C(I)N2CC(N(C)S(C)(=O)=O)CC2=C1C. The number of nitrogens with zero attached hydrogens (tertiary/aromatic N) is 3. The molecule has 2 heterocycles. The number of fused-ring (bicyclic) bond motifs is 1. The molecule has 7 heteroatoms. The Morgan fingerprint density at radius 2 is 2.16 bits per heavy atom. The molecular formula is C12H20IN3O2S. The number of sulfonamides is 1. The van der Waals surface area contributed by atoms with Crippen LogP contribution in [0.3, 0.4) is 0 Å². The van der Waals surface area contributed by atoms with Crippen LogP contribution in [-0.4, -0.2) is 53.4 Å². The van der Waals surface area contributed by atoms with Gasteiger partial charge in [-0.2, -0.15) is 4.31 Å². The van der Waals surface area contributed by atoms with Crippen LogP contribution in [0.15, 0.2) is 16.3 Å². The van der Waals surface area contributed by atoms with Gasteiger partial charge in [-0.05, 0) is 41.5 Å². The van der Waals surface area contributed by atoms with E-state index in [-0.39, 0.29) is 12.1 Å². The molecule has 0 radical (unpaired) electrons. The Bertz CT molecular complexity index is 541. The number of hydrogen-bond donors (Lipinski definition) is 0. The van der Waals surface area contributed by atoms with Gasteiger partial charge in [-0.3, -0.25) is 4.99 Å². The normalized spacial score (nSPS) is 27.9. The molecule has 0 aromatic heterocycles. The van der Waals surface area contributed by atoms with Gasteiger partial charge in [-0.1, -0.05) is 6.92 Å². The van der Waals surface area contributed by atoms with Gasteiger partial charge in [0.05, 0.1) is 12.3 Å². The average Bonchev–Trinajstić information content (AvgIpc) is 2.77. The lowest BCUT2D eigenvalue weighted by Gasteiger charge is -2.28. The van der Waals surface area contributed by atoms with Crippen molar-refractivity contribution in [1.82, 2.24) is 9.21 Å². The molecule has 0 bridgehead atoms. The molecule has 2 aliphatic heterocycles. The number of likely N-dealkylation sites (N-methyl/N-ethyl adjacent to an activating group) is 1.